The summed E-state index contributed by atoms with van der Waals surface area (Å²) in [6, 6.07) is 0. The normalized spacial score (nSPS) is 16.8. The Morgan fingerprint density at radius 2 is 2.23 bits per heavy atom. The Balaban J connectivity index is 1.44. The van der Waals surface area contributed by atoms with Gasteiger partial charge in [0.1, 0.15) is 23.6 Å². The minimum atomic E-state index is -0.443. The topological polar surface area (TPSA) is 104 Å². The third kappa shape index (κ3) is 3.48. The number of thiophene rings is 1. The first-order chi connectivity index (χ1) is 14.9. The largest absolute Gasteiger partial charge is 0.306 e. The predicted octanol–water partition coefficient (Wildman–Crippen LogP) is 4.23. The number of nitrogens with zero attached hydrogens (tertiary/aromatic N) is 7. The van der Waals surface area contributed by atoms with Crippen LogP contribution in [0, 0.1) is 21.4 Å². The molecule has 0 unspecified atom stereocenters. The van der Waals surface area contributed by atoms with Crippen molar-refractivity contribution in [2.24, 2.45) is 11.3 Å². The van der Waals surface area contributed by atoms with E-state index in [1.165, 1.54) is 35.7 Å². The average Bonchev–Trinajstić information content (AvgIpc) is 3.46. The van der Waals surface area contributed by atoms with Crippen LogP contribution >= 0.6 is 11.3 Å². The molecule has 5 rings (SSSR count). The van der Waals surface area contributed by atoms with E-state index in [2.05, 4.69) is 36.0 Å². The fourth-order valence-electron chi connectivity index (χ4n) is 4.46. The number of hydrogen-bond acceptors (Lipinski definition) is 7. The molecule has 162 valence electrons. The molecule has 1 aliphatic rings. The molecule has 10 heteroatoms. The van der Waals surface area contributed by atoms with Gasteiger partial charge < -0.3 is 0 Å². The Morgan fingerprint density at radius 1 is 1.39 bits per heavy atom. The number of rotatable bonds is 6. The maximum absolute atomic E-state index is 10.8. The van der Waals surface area contributed by atoms with Gasteiger partial charge in [-0.2, -0.15) is 5.10 Å². The van der Waals surface area contributed by atoms with Gasteiger partial charge in [-0.15, -0.1) is 16.4 Å². The molecular weight excluding hydrogens is 414 g/mol. The highest BCUT2D eigenvalue weighted by Crippen LogP contribution is 2.44. The summed E-state index contributed by atoms with van der Waals surface area (Å²) in [6.07, 6.45) is 9.53. The van der Waals surface area contributed by atoms with Crippen molar-refractivity contribution in [3.8, 4) is 0 Å². The fraction of sp³-hybridized carbons (Fsp3) is 0.524. The van der Waals surface area contributed by atoms with Crippen LogP contribution in [-0.4, -0.2) is 34.3 Å². The molecule has 0 saturated heterocycles. The van der Waals surface area contributed by atoms with Crippen molar-refractivity contribution in [2.75, 3.05) is 0 Å². The summed E-state index contributed by atoms with van der Waals surface area (Å²) < 4.78 is 3.32. The van der Waals surface area contributed by atoms with Crippen LogP contribution in [0.15, 0.2) is 18.7 Å². The Hall–Kier alpha value is -2.88. The van der Waals surface area contributed by atoms with Crippen LogP contribution in [0.5, 0.6) is 0 Å². The van der Waals surface area contributed by atoms with Gasteiger partial charge in [0, 0.05) is 17.8 Å². The van der Waals surface area contributed by atoms with E-state index in [0.29, 0.717) is 30.1 Å². The van der Waals surface area contributed by atoms with E-state index in [9.17, 15) is 10.1 Å². The van der Waals surface area contributed by atoms with Crippen molar-refractivity contribution in [1.29, 1.82) is 0 Å². The number of aromatic nitrogens is 6. The lowest BCUT2D eigenvalue weighted by atomic mass is 9.70. The molecule has 9 nitrogen and oxygen atoms in total. The van der Waals surface area contributed by atoms with Gasteiger partial charge in [0.25, 0.3) is 0 Å². The van der Waals surface area contributed by atoms with Gasteiger partial charge in [0.15, 0.2) is 11.5 Å². The molecule has 0 bridgehead atoms. The van der Waals surface area contributed by atoms with Crippen LogP contribution in [0.25, 0.3) is 15.9 Å². The maximum Gasteiger partial charge on any atom is 0.306 e. The zero-order chi connectivity index (χ0) is 21.8. The molecule has 0 radical (unpaired) electrons. The number of nitro groups is 1. The van der Waals surface area contributed by atoms with Gasteiger partial charge in [-0.1, -0.05) is 27.2 Å². The van der Waals surface area contributed by atoms with E-state index in [-0.39, 0.29) is 5.69 Å². The van der Waals surface area contributed by atoms with Gasteiger partial charge >= 0.3 is 5.69 Å². The summed E-state index contributed by atoms with van der Waals surface area (Å²) in [5.74, 6) is 1.38. The molecule has 31 heavy (non-hydrogen) atoms. The highest BCUT2D eigenvalue weighted by atomic mass is 32.1. The lowest BCUT2D eigenvalue weighted by Crippen LogP contribution is -2.28. The van der Waals surface area contributed by atoms with Crippen molar-refractivity contribution < 1.29 is 4.92 Å². The standard InChI is InChI=1S/C21H25N7O2S/c1-4-21(2,3)13-5-6-15-16(9-13)31-20-18(15)19-24-17(25-27(19)12-22-20)7-8-26-11-14(10-23-26)28(29)30/h10-13H,4-9H2,1-3H3/t13-/m0/s1. The Bertz CT molecular complexity index is 1290. The first kappa shape index (κ1) is 20.0. The van der Waals surface area contributed by atoms with Gasteiger partial charge in [-0.3, -0.25) is 14.8 Å². The van der Waals surface area contributed by atoms with Gasteiger partial charge in [0.05, 0.1) is 10.3 Å². The van der Waals surface area contributed by atoms with Crippen molar-refractivity contribution >= 4 is 32.9 Å². The van der Waals surface area contributed by atoms with E-state index < -0.39 is 4.92 Å². The number of hydrogen-bond donors (Lipinski definition) is 0. The van der Waals surface area contributed by atoms with Gasteiger partial charge in [-0.05, 0) is 36.2 Å². The Kier molecular flexibility index (Phi) is 4.76. The van der Waals surface area contributed by atoms with Crippen LogP contribution in [0.4, 0.5) is 5.69 Å². The molecule has 0 aromatic carbocycles. The fourth-order valence-corrected chi connectivity index (χ4v) is 5.73. The molecular formula is C21H25N7O2S. The number of fused-ring (bicyclic) bond motifs is 5. The summed E-state index contributed by atoms with van der Waals surface area (Å²) in [5, 5.41) is 20.6. The highest BCUT2D eigenvalue weighted by Gasteiger charge is 2.33. The Labute approximate surface area is 183 Å². The van der Waals surface area contributed by atoms with E-state index in [0.717, 1.165) is 28.7 Å². The molecule has 0 spiro atoms. The molecule has 4 heterocycles. The van der Waals surface area contributed by atoms with Crippen LogP contribution < -0.4 is 0 Å². The van der Waals surface area contributed by atoms with E-state index in [4.69, 9.17) is 4.98 Å². The monoisotopic (exact) mass is 439 g/mol. The zero-order valence-corrected chi connectivity index (χ0v) is 18.7. The van der Waals surface area contributed by atoms with Gasteiger partial charge in [0.2, 0.25) is 0 Å². The smallest absolute Gasteiger partial charge is 0.265 e. The molecule has 4 aromatic heterocycles. The lowest BCUT2D eigenvalue weighted by molar-refractivity contribution is -0.385. The molecule has 0 saturated carbocycles. The minimum absolute atomic E-state index is 0.0108. The third-order valence-electron chi connectivity index (χ3n) is 6.84. The van der Waals surface area contributed by atoms with Gasteiger partial charge in [-0.25, -0.2) is 14.5 Å². The summed E-state index contributed by atoms with van der Waals surface area (Å²) in [4.78, 5) is 22.3. The van der Waals surface area contributed by atoms with Crippen LogP contribution in [-0.2, 0) is 25.8 Å². The molecule has 1 atom stereocenters. The first-order valence-corrected chi connectivity index (χ1v) is 11.5. The van der Waals surface area contributed by atoms with Crippen LogP contribution in [0.3, 0.4) is 0 Å². The van der Waals surface area contributed by atoms with E-state index in [1.807, 2.05) is 0 Å². The summed E-state index contributed by atoms with van der Waals surface area (Å²) in [6.45, 7) is 7.53. The first-order valence-electron chi connectivity index (χ1n) is 10.7. The molecule has 1 aliphatic carbocycles. The van der Waals surface area contributed by atoms with Crippen molar-refractivity contribution in [1.82, 2.24) is 29.4 Å². The second kappa shape index (κ2) is 7.37. The van der Waals surface area contributed by atoms with E-state index in [1.54, 1.807) is 26.9 Å². The van der Waals surface area contributed by atoms with Crippen molar-refractivity contribution in [2.45, 2.75) is 59.4 Å². The predicted molar refractivity (Wildman–Crippen MR) is 118 cm³/mol. The molecule has 0 amide bonds. The molecule has 0 aliphatic heterocycles. The molecule has 0 fully saturated rings. The average molecular weight is 440 g/mol. The van der Waals surface area contributed by atoms with Crippen molar-refractivity contribution in [3.63, 3.8) is 0 Å². The minimum Gasteiger partial charge on any atom is -0.265 e. The maximum atomic E-state index is 10.8. The SMILES string of the molecule is CCC(C)(C)[C@H]1CCc2c(sc3ncn4nc(CCn5cc([N+](=O)[O-])cn5)nc4c23)C1. The lowest BCUT2D eigenvalue weighted by Gasteiger charge is -2.36. The van der Waals surface area contributed by atoms with Crippen LogP contribution in [0.2, 0.25) is 0 Å². The Morgan fingerprint density at radius 3 is 2.97 bits per heavy atom. The van der Waals surface area contributed by atoms with E-state index >= 15 is 0 Å². The van der Waals surface area contributed by atoms with Crippen molar-refractivity contribution in [3.05, 3.63) is 45.1 Å². The third-order valence-corrected chi connectivity index (χ3v) is 8.00. The quantitative estimate of drug-likeness (QED) is 0.329. The van der Waals surface area contributed by atoms with Crippen LogP contribution in [0.1, 0.15) is 49.9 Å². The number of aryl methyl sites for hydroxylation is 3. The summed E-state index contributed by atoms with van der Waals surface area (Å²) >= 11 is 1.80. The second-order valence-corrected chi connectivity index (χ2v) is 10.1. The highest BCUT2D eigenvalue weighted by molar-refractivity contribution is 7.19. The summed E-state index contributed by atoms with van der Waals surface area (Å²) in [7, 11) is 0. The molecule has 4 aromatic rings. The zero-order valence-electron chi connectivity index (χ0n) is 17.9. The summed E-state index contributed by atoms with van der Waals surface area (Å²) in [5.41, 5.74) is 2.59. The molecule has 0 N–H and O–H groups in total. The second-order valence-electron chi connectivity index (χ2n) is 8.98.